The molecule has 0 radical (unpaired) electrons. The van der Waals surface area contributed by atoms with Gasteiger partial charge in [0.2, 0.25) is 11.8 Å². The Bertz CT molecular complexity index is 1160. The van der Waals surface area contributed by atoms with Crippen LogP contribution in [0.5, 0.6) is 0 Å². The van der Waals surface area contributed by atoms with Crippen LogP contribution in [0.15, 0.2) is 78.2 Å². The molecule has 1 aromatic heterocycles. The molecule has 0 saturated heterocycles. The second-order valence-corrected chi connectivity index (χ2v) is 7.61. The Morgan fingerprint density at radius 2 is 1.57 bits per heavy atom. The van der Waals surface area contributed by atoms with Crippen molar-refractivity contribution in [3.05, 3.63) is 101 Å². The minimum absolute atomic E-state index is 0.112. The number of carboxylic acids is 1. The van der Waals surface area contributed by atoms with E-state index in [0.717, 1.165) is 16.7 Å². The van der Waals surface area contributed by atoms with Gasteiger partial charge >= 0.3 is 5.97 Å². The molecule has 10 heteroatoms. The van der Waals surface area contributed by atoms with Crippen molar-refractivity contribution >= 4 is 24.0 Å². The monoisotopic (exact) mass is 474 g/mol. The molecule has 2 amide bonds. The topological polar surface area (TPSA) is 159 Å². The molecule has 3 aromatic rings. The van der Waals surface area contributed by atoms with Gasteiger partial charge in [0.1, 0.15) is 6.04 Å². The van der Waals surface area contributed by atoms with Crippen LogP contribution in [0.4, 0.5) is 0 Å². The number of hydrogen-bond donors (Lipinski definition) is 5. The van der Waals surface area contributed by atoms with E-state index in [1.165, 1.54) is 18.3 Å². The average Bonchev–Trinajstić information content (AvgIpc) is 2.88. The fourth-order valence-electron chi connectivity index (χ4n) is 3.24. The van der Waals surface area contributed by atoms with E-state index in [1.807, 2.05) is 24.3 Å². The molecule has 0 bridgehead atoms. The summed E-state index contributed by atoms with van der Waals surface area (Å²) >= 11 is 0. The van der Waals surface area contributed by atoms with Gasteiger partial charge in [0.15, 0.2) is 0 Å². The second-order valence-electron chi connectivity index (χ2n) is 7.61. The zero-order chi connectivity index (χ0) is 25.0. The molecule has 0 aliphatic heterocycles. The summed E-state index contributed by atoms with van der Waals surface area (Å²) in [6.45, 7) is 0.468. The molecule has 0 aliphatic rings. The molecule has 0 saturated carbocycles. The van der Waals surface area contributed by atoms with Crippen molar-refractivity contribution in [1.29, 1.82) is 0 Å². The number of hydrazone groups is 1. The maximum Gasteiger partial charge on any atom is 0.335 e. The number of benzene rings is 2. The summed E-state index contributed by atoms with van der Waals surface area (Å²) in [6, 6.07) is 16.2. The van der Waals surface area contributed by atoms with E-state index in [9.17, 15) is 14.4 Å². The molecule has 6 N–H and O–H groups in total. The number of nitrogens with zero attached hydrogens (tertiary/aromatic N) is 2. The smallest absolute Gasteiger partial charge is 0.335 e. The molecule has 10 nitrogen and oxygen atoms in total. The standard InChI is InChI=1S/C25H26N6O4/c26-31-15-18-3-1-17(2-4-18)14-29-23(20-5-7-21(8-6-20)25(34)35)24(33)30-16-22(32)28-13-19-9-11-27-12-10-19/h1-12,15,23,29H,13-14,16,26H2,(H,28,32)(H,30,33)(H,34,35). The number of aromatic carboxylic acids is 1. The number of rotatable bonds is 11. The summed E-state index contributed by atoms with van der Waals surface area (Å²) in [5, 5.41) is 21.2. The molecule has 35 heavy (non-hydrogen) atoms. The lowest BCUT2D eigenvalue weighted by atomic mass is 10.0. The highest BCUT2D eigenvalue weighted by Gasteiger charge is 2.21. The zero-order valence-electron chi connectivity index (χ0n) is 18.8. The van der Waals surface area contributed by atoms with Gasteiger partial charge in [-0.1, -0.05) is 36.4 Å². The predicted molar refractivity (Wildman–Crippen MR) is 130 cm³/mol. The fourth-order valence-corrected chi connectivity index (χ4v) is 3.24. The Hall–Kier alpha value is -4.57. The lowest BCUT2D eigenvalue weighted by Crippen LogP contribution is -2.42. The molecule has 0 fully saturated rings. The molecule has 1 heterocycles. The number of aromatic nitrogens is 1. The van der Waals surface area contributed by atoms with Crippen LogP contribution in [0.1, 0.15) is 38.7 Å². The van der Waals surface area contributed by atoms with Gasteiger partial charge in [-0.25, -0.2) is 4.79 Å². The van der Waals surface area contributed by atoms with Crippen molar-refractivity contribution in [3.63, 3.8) is 0 Å². The van der Waals surface area contributed by atoms with Gasteiger partial charge in [-0.05, 0) is 46.5 Å². The average molecular weight is 475 g/mol. The van der Waals surface area contributed by atoms with Crippen molar-refractivity contribution in [3.8, 4) is 0 Å². The van der Waals surface area contributed by atoms with Gasteiger partial charge in [-0.2, -0.15) is 5.10 Å². The summed E-state index contributed by atoms with van der Waals surface area (Å²) in [4.78, 5) is 40.3. The van der Waals surface area contributed by atoms with E-state index in [1.54, 1.807) is 36.7 Å². The van der Waals surface area contributed by atoms with Gasteiger partial charge in [0.25, 0.3) is 0 Å². The number of amides is 2. The minimum atomic E-state index is -1.06. The molecule has 1 atom stereocenters. The van der Waals surface area contributed by atoms with Crippen molar-refractivity contribution in [1.82, 2.24) is 20.9 Å². The Labute approximate surface area is 202 Å². The molecule has 0 aliphatic carbocycles. The second kappa shape index (κ2) is 12.6. The maximum absolute atomic E-state index is 13.0. The molecule has 0 spiro atoms. The summed E-state index contributed by atoms with van der Waals surface area (Å²) in [7, 11) is 0. The van der Waals surface area contributed by atoms with Gasteiger partial charge in [0.05, 0.1) is 18.3 Å². The van der Waals surface area contributed by atoms with Gasteiger partial charge in [-0.3, -0.25) is 19.9 Å². The molecule has 180 valence electrons. The number of carbonyl (C=O) groups excluding carboxylic acids is 2. The molecule has 1 unspecified atom stereocenters. The first kappa shape index (κ1) is 25.1. The van der Waals surface area contributed by atoms with Crippen molar-refractivity contribution in [2.45, 2.75) is 19.1 Å². The van der Waals surface area contributed by atoms with E-state index in [4.69, 9.17) is 10.9 Å². The highest BCUT2D eigenvalue weighted by atomic mass is 16.4. The van der Waals surface area contributed by atoms with Crippen LogP contribution in [0, 0.1) is 0 Å². The van der Waals surface area contributed by atoms with E-state index >= 15 is 0 Å². The molecular formula is C25H26N6O4. The molecule has 2 aromatic carbocycles. The summed E-state index contributed by atoms with van der Waals surface area (Å²) in [5.74, 6) is 3.35. The first-order valence-electron chi connectivity index (χ1n) is 10.8. The van der Waals surface area contributed by atoms with Crippen LogP contribution < -0.4 is 21.8 Å². The highest BCUT2D eigenvalue weighted by Crippen LogP contribution is 2.16. The third kappa shape index (κ3) is 7.76. The summed E-state index contributed by atoms with van der Waals surface area (Å²) in [6.07, 6.45) is 4.79. The maximum atomic E-state index is 13.0. The fraction of sp³-hybridized carbons (Fsp3) is 0.160. The lowest BCUT2D eigenvalue weighted by Gasteiger charge is -2.19. The normalized spacial score (nSPS) is 11.7. The van der Waals surface area contributed by atoms with Crippen molar-refractivity contribution < 1.29 is 19.5 Å². The quantitative estimate of drug-likeness (QED) is 0.159. The van der Waals surface area contributed by atoms with Gasteiger partial charge in [-0.15, -0.1) is 0 Å². The van der Waals surface area contributed by atoms with E-state index < -0.39 is 17.9 Å². The van der Waals surface area contributed by atoms with E-state index in [2.05, 4.69) is 26.0 Å². The Balaban J connectivity index is 1.64. The highest BCUT2D eigenvalue weighted by molar-refractivity contribution is 5.89. The van der Waals surface area contributed by atoms with Gasteiger partial charge < -0.3 is 21.6 Å². The van der Waals surface area contributed by atoms with Crippen LogP contribution in [0.2, 0.25) is 0 Å². The third-order valence-corrected chi connectivity index (χ3v) is 5.13. The number of carbonyl (C=O) groups is 3. The lowest BCUT2D eigenvalue weighted by molar-refractivity contribution is -0.127. The number of pyridine rings is 1. The number of nitrogens with two attached hydrogens (primary N) is 1. The summed E-state index contributed by atoms with van der Waals surface area (Å²) in [5.41, 5.74) is 3.32. The van der Waals surface area contributed by atoms with Crippen LogP contribution in [-0.2, 0) is 22.7 Å². The van der Waals surface area contributed by atoms with Crippen LogP contribution in [0.3, 0.4) is 0 Å². The van der Waals surface area contributed by atoms with E-state index in [-0.39, 0.29) is 18.0 Å². The Kier molecular flexibility index (Phi) is 9.03. The zero-order valence-corrected chi connectivity index (χ0v) is 18.8. The SMILES string of the molecule is NN=Cc1ccc(CNC(C(=O)NCC(=O)NCc2ccncc2)c2ccc(C(=O)O)cc2)cc1. The third-order valence-electron chi connectivity index (χ3n) is 5.13. The predicted octanol–water partition coefficient (Wildman–Crippen LogP) is 1.34. The number of nitrogens with one attached hydrogen (secondary N) is 3. The Morgan fingerprint density at radius 3 is 2.20 bits per heavy atom. The van der Waals surface area contributed by atoms with Crippen LogP contribution in [-0.4, -0.2) is 40.6 Å². The largest absolute Gasteiger partial charge is 0.478 e. The number of hydrogen-bond acceptors (Lipinski definition) is 7. The van der Waals surface area contributed by atoms with E-state index in [0.29, 0.717) is 18.7 Å². The van der Waals surface area contributed by atoms with Gasteiger partial charge in [0, 0.05) is 25.5 Å². The van der Waals surface area contributed by atoms with Crippen molar-refractivity contribution in [2.75, 3.05) is 6.54 Å². The number of carboxylic acid groups (broad SMARTS) is 1. The first-order chi connectivity index (χ1) is 17.0. The first-order valence-corrected chi connectivity index (χ1v) is 10.8. The van der Waals surface area contributed by atoms with Crippen molar-refractivity contribution in [2.24, 2.45) is 10.9 Å². The van der Waals surface area contributed by atoms with Crippen LogP contribution in [0.25, 0.3) is 0 Å². The Morgan fingerprint density at radius 1 is 0.914 bits per heavy atom. The minimum Gasteiger partial charge on any atom is -0.478 e. The molecular weight excluding hydrogens is 448 g/mol. The van der Waals surface area contributed by atoms with Crippen LogP contribution >= 0.6 is 0 Å². The molecule has 3 rings (SSSR count). The summed E-state index contributed by atoms with van der Waals surface area (Å²) < 4.78 is 0.